The molecule has 140 valence electrons. The summed E-state index contributed by atoms with van der Waals surface area (Å²) >= 11 is 0. The summed E-state index contributed by atoms with van der Waals surface area (Å²) in [5.41, 5.74) is 1.04. The Morgan fingerprint density at radius 3 is 2.04 bits per heavy atom. The molecule has 2 rings (SSSR count). The quantitative estimate of drug-likeness (QED) is 0.792. The highest BCUT2D eigenvalue weighted by molar-refractivity contribution is 5.85. The smallest absolute Gasteiger partial charge is 0.131 e. The molecule has 1 heterocycles. The molecule has 0 amide bonds. The van der Waals surface area contributed by atoms with Gasteiger partial charge < -0.3 is 19.9 Å². The van der Waals surface area contributed by atoms with E-state index in [9.17, 15) is 5.11 Å². The van der Waals surface area contributed by atoms with E-state index in [2.05, 4.69) is 24.1 Å². The van der Waals surface area contributed by atoms with Crippen molar-refractivity contribution in [3.63, 3.8) is 0 Å². The van der Waals surface area contributed by atoms with E-state index in [4.69, 9.17) is 9.47 Å². The highest BCUT2D eigenvalue weighted by atomic mass is 35.5. The predicted molar refractivity (Wildman–Crippen MR) is 102 cm³/mol. The molecular formula is C17H30Cl2N2O3. The summed E-state index contributed by atoms with van der Waals surface area (Å²) in [5, 5.41) is 13.3. The number of phenols is 1. The fourth-order valence-electron chi connectivity index (χ4n) is 3.23. The van der Waals surface area contributed by atoms with Crippen molar-refractivity contribution in [2.45, 2.75) is 26.3 Å². The first kappa shape index (κ1) is 23.1. The number of ether oxygens (including phenoxy) is 2. The molecule has 7 heteroatoms. The molecule has 1 unspecified atom stereocenters. The van der Waals surface area contributed by atoms with Crippen molar-refractivity contribution in [1.29, 1.82) is 0 Å². The molecule has 0 bridgehead atoms. The van der Waals surface area contributed by atoms with E-state index in [1.807, 2.05) is 0 Å². The van der Waals surface area contributed by atoms with Crippen molar-refractivity contribution < 1.29 is 14.6 Å². The number of rotatable bonds is 6. The van der Waals surface area contributed by atoms with Gasteiger partial charge in [-0.05, 0) is 5.92 Å². The molecule has 1 aliphatic heterocycles. The lowest BCUT2D eigenvalue weighted by molar-refractivity contribution is 0.123. The highest BCUT2D eigenvalue weighted by Crippen LogP contribution is 2.44. The lowest BCUT2D eigenvalue weighted by Gasteiger charge is -2.39. The number of hydrogen-bond acceptors (Lipinski definition) is 5. The largest absolute Gasteiger partial charge is 0.508 e. The summed E-state index contributed by atoms with van der Waals surface area (Å²) in [6, 6.07) is 3.57. The summed E-state index contributed by atoms with van der Waals surface area (Å²) in [6.45, 7) is 8.47. The number of benzene rings is 1. The number of phenolic OH excluding ortho intramolecular Hbond substituents is 1. The SMILES string of the molecule is CCC(C)[C@H](c1c(OC)cc(O)cc1OC)N1CCNCC1.Cl.Cl. The van der Waals surface area contributed by atoms with Gasteiger partial charge in [-0.2, -0.15) is 0 Å². The van der Waals surface area contributed by atoms with Gasteiger partial charge in [0.1, 0.15) is 17.2 Å². The summed E-state index contributed by atoms with van der Waals surface area (Å²) < 4.78 is 11.1. The lowest BCUT2D eigenvalue weighted by Crippen LogP contribution is -2.46. The zero-order valence-electron chi connectivity index (χ0n) is 14.9. The standard InChI is InChI=1S/C17H28N2O3.2ClH/c1-5-12(2)17(19-8-6-18-7-9-19)16-14(21-3)10-13(20)11-15(16)22-4;;/h10-12,17-18,20H,5-9H2,1-4H3;2*1H/t12?,17-;;/m1../s1. The second kappa shape index (κ2) is 10.9. The zero-order chi connectivity index (χ0) is 16.1. The number of nitrogens with zero attached hydrogens (tertiary/aromatic N) is 1. The molecule has 1 aromatic carbocycles. The van der Waals surface area contributed by atoms with Crippen LogP contribution in [-0.4, -0.2) is 50.4 Å². The molecule has 1 aliphatic rings. The van der Waals surface area contributed by atoms with Gasteiger partial charge in [-0.3, -0.25) is 4.90 Å². The summed E-state index contributed by atoms with van der Waals surface area (Å²) in [7, 11) is 3.28. The van der Waals surface area contributed by atoms with Gasteiger partial charge in [0.2, 0.25) is 0 Å². The Bertz CT molecular complexity index is 472. The van der Waals surface area contributed by atoms with Crippen LogP contribution in [0.25, 0.3) is 0 Å². The van der Waals surface area contributed by atoms with Gasteiger partial charge in [0.25, 0.3) is 0 Å². The first-order valence-corrected chi connectivity index (χ1v) is 8.02. The molecule has 0 aliphatic carbocycles. The molecule has 2 atom stereocenters. The Kier molecular flexibility index (Phi) is 10.5. The highest BCUT2D eigenvalue weighted by Gasteiger charge is 2.31. The van der Waals surface area contributed by atoms with E-state index in [1.54, 1.807) is 26.4 Å². The van der Waals surface area contributed by atoms with Crippen molar-refractivity contribution in [2.24, 2.45) is 5.92 Å². The van der Waals surface area contributed by atoms with Crippen LogP contribution in [0.5, 0.6) is 17.2 Å². The third-order valence-corrected chi connectivity index (χ3v) is 4.55. The molecular weight excluding hydrogens is 351 g/mol. The Morgan fingerprint density at radius 1 is 1.12 bits per heavy atom. The van der Waals surface area contributed by atoms with Crippen LogP contribution in [0.15, 0.2) is 12.1 Å². The van der Waals surface area contributed by atoms with E-state index in [-0.39, 0.29) is 36.6 Å². The van der Waals surface area contributed by atoms with Gasteiger partial charge in [-0.15, -0.1) is 24.8 Å². The van der Waals surface area contributed by atoms with Crippen LogP contribution in [-0.2, 0) is 0 Å². The van der Waals surface area contributed by atoms with Gasteiger partial charge >= 0.3 is 0 Å². The minimum Gasteiger partial charge on any atom is -0.508 e. The van der Waals surface area contributed by atoms with Crippen LogP contribution < -0.4 is 14.8 Å². The average Bonchev–Trinajstić information content (AvgIpc) is 2.56. The molecule has 1 fully saturated rings. The van der Waals surface area contributed by atoms with Gasteiger partial charge in [0.15, 0.2) is 0 Å². The van der Waals surface area contributed by atoms with Gasteiger partial charge in [0, 0.05) is 44.4 Å². The maximum absolute atomic E-state index is 9.88. The number of methoxy groups -OCH3 is 2. The van der Waals surface area contributed by atoms with Crippen LogP contribution in [0.3, 0.4) is 0 Å². The second-order valence-electron chi connectivity index (χ2n) is 5.88. The van der Waals surface area contributed by atoms with Crippen LogP contribution in [0, 0.1) is 5.92 Å². The third kappa shape index (κ3) is 5.06. The number of halogens is 2. The number of hydrogen-bond donors (Lipinski definition) is 2. The molecule has 0 aromatic heterocycles. The van der Waals surface area contributed by atoms with Gasteiger partial charge in [-0.1, -0.05) is 20.3 Å². The minimum absolute atomic E-state index is 0. The van der Waals surface area contributed by atoms with Crippen molar-refractivity contribution in [2.75, 3.05) is 40.4 Å². The topological polar surface area (TPSA) is 54.0 Å². The molecule has 1 saturated heterocycles. The van der Waals surface area contributed by atoms with Gasteiger partial charge in [0.05, 0.1) is 19.8 Å². The van der Waals surface area contributed by atoms with Crippen molar-refractivity contribution in [3.05, 3.63) is 17.7 Å². The number of piperazine rings is 1. The van der Waals surface area contributed by atoms with Crippen LogP contribution in [0.2, 0.25) is 0 Å². The first-order chi connectivity index (χ1) is 10.6. The van der Waals surface area contributed by atoms with Crippen molar-refractivity contribution >= 4 is 24.8 Å². The average molecular weight is 381 g/mol. The summed E-state index contributed by atoms with van der Waals surface area (Å²) in [6.07, 6.45) is 1.07. The van der Waals surface area contributed by atoms with E-state index in [1.165, 1.54) is 0 Å². The molecule has 5 nitrogen and oxygen atoms in total. The molecule has 1 aromatic rings. The Labute approximate surface area is 157 Å². The minimum atomic E-state index is 0. The maximum Gasteiger partial charge on any atom is 0.131 e. The van der Waals surface area contributed by atoms with Crippen LogP contribution >= 0.6 is 24.8 Å². The first-order valence-electron chi connectivity index (χ1n) is 8.02. The molecule has 2 N–H and O–H groups in total. The fourth-order valence-corrected chi connectivity index (χ4v) is 3.23. The van der Waals surface area contributed by atoms with Crippen LogP contribution in [0.1, 0.15) is 31.9 Å². The monoisotopic (exact) mass is 380 g/mol. The molecule has 0 saturated carbocycles. The van der Waals surface area contributed by atoms with Crippen LogP contribution in [0.4, 0.5) is 0 Å². The van der Waals surface area contributed by atoms with E-state index < -0.39 is 0 Å². The normalized spacial score (nSPS) is 17.2. The van der Waals surface area contributed by atoms with E-state index in [0.29, 0.717) is 17.4 Å². The molecule has 0 spiro atoms. The summed E-state index contributed by atoms with van der Waals surface area (Å²) in [5.74, 6) is 2.02. The molecule has 24 heavy (non-hydrogen) atoms. The van der Waals surface area contributed by atoms with Crippen molar-refractivity contribution in [3.8, 4) is 17.2 Å². The third-order valence-electron chi connectivity index (χ3n) is 4.55. The van der Waals surface area contributed by atoms with E-state index in [0.717, 1.165) is 38.2 Å². The number of aromatic hydroxyl groups is 1. The zero-order valence-corrected chi connectivity index (χ0v) is 16.5. The van der Waals surface area contributed by atoms with E-state index >= 15 is 0 Å². The Morgan fingerprint density at radius 2 is 1.62 bits per heavy atom. The Balaban J connectivity index is 0.00000264. The van der Waals surface area contributed by atoms with Crippen molar-refractivity contribution in [1.82, 2.24) is 10.2 Å². The maximum atomic E-state index is 9.88. The lowest BCUT2D eigenvalue weighted by atomic mass is 9.89. The predicted octanol–water partition coefficient (Wildman–Crippen LogP) is 3.25. The number of nitrogens with one attached hydrogen (secondary N) is 1. The van der Waals surface area contributed by atoms with Gasteiger partial charge in [-0.25, -0.2) is 0 Å². The molecule has 0 radical (unpaired) electrons. The summed E-state index contributed by atoms with van der Waals surface area (Å²) in [4.78, 5) is 2.49. The Hall–Kier alpha value is -0.880. The second-order valence-corrected chi connectivity index (χ2v) is 5.88. The fraction of sp³-hybridized carbons (Fsp3) is 0.647.